The number of aliphatic hydroxyl groups excluding tert-OH is 1. The predicted octanol–water partition coefficient (Wildman–Crippen LogP) is 3.87. The molecule has 35 heavy (non-hydrogen) atoms. The molecule has 0 fully saturated rings. The summed E-state index contributed by atoms with van der Waals surface area (Å²) in [7, 11) is -3.37. The van der Waals surface area contributed by atoms with Crippen molar-refractivity contribution in [1.82, 2.24) is 15.3 Å². The van der Waals surface area contributed by atoms with E-state index in [4.69, 9.17) is 4.74 Å². The van der Waals surface area contributed by atoms with E-state index in [2.05, 4.69) is 33.0 Å². The number of anilines is 1. The molecule has 0 radical (unpaired) electrons. The number of hydrogen-bond donors (Lipinski definition) is 4. The molecule has 2 aromatic carbocycles. The van der Waals surface area contributed by atoms with Gasteiger partial charge in [0.2, 0.25) is 10.0 Å². The minimum Gasteiger partial charge on any atom is -0.492 e. The fraction of sp³-hybridized carbons (Fsp3) is 0.269. The summed E-state index contributed by atoms with van der Waals surface area (Å²) in [6.45, 7) is 3.44. The lowest BCUT2D eigenvalue weighted by Crippen LogP contribution is -2.26. The Balaban J connectivity index is 1.31. The lowest BCUT2D eigenvalue weighted by Gasteiger charge is -2.14. The Bertz CT molecular complexity index is 1390. The molecule has 2 aromatic heterocycles. The maximum atomic E-state index is 11.4. The number of benzene rings is 2. The first-order chi connectivity index (χ1) is 16.8. The van der Waals surface area contributed by atoms with Crippen molar-refractivity contribution >= 4 is 26.6 Å². The molecule has 0 spiro atoms. The molecule has 9 heteroatoms. The standard InChI is InChI=1S/C26H30N4O4S/c1-3-22-23-10-9-21(15-24(23)29-26(22)19-7-5-11-27-16-19)34-13-12-28-17-25(31)18-6-4-8-20(14-18)30-35(2,32)33/h4-11,14-16,25,28-31H,3,12-13,17H2,1-2H3/t25-/m0/s1. The predicted molar refractivity (Wildman–Crippen MR) is 139 cm³/mol. The molecule has 0 aliphatic carbocycles. The molecule has 0 saturated carbocycles. The van der Waals surface area contributed by atoms with E-state index >= 15 is 0 Å². The first-order valence-electron chi connectivity index (χ1n) is 11.5. The van der Waals surface area contributed by atoms with E-state index in [1.165, 1.54) is 10.9 Å². The van der Waals surface area contributed by atoms with Gasteiger partial charge < -0.3 is 20.1 Å². The summed E-state index contributed by atoms with van der Waals surface area (Å²) < 4.78 is 31.1. The van der Waals surface area contributed by atoms with Crippen LogP contribution in [-0.2, 0) is 16.4 Å². The highest BCUT2D eigenvalue weighted by molar-refractivity contribution is 7.92. The molecule has 0 aliphatic heterocycles. The number of aromatic nitrogens is 2. The van der Waals surface area contributed by atoms with E-state index in [-0.39, 0.29) is 0 Å². The molecule has 184 valence electrons. The van der Waals surface area contributed by atoms with Crippen molar-refractivity contribution < 1.29 is 18.3 Å². The number of nitrogens with zero attached hydrogens (tertiary/aromatic N) is 1. The quantitative estimate of drug-likeness (QED) is 0.235. The van der Waals surface area contributed by atoms with Crippen molar-refractivity contribution in [2.75, 3.05) is 30.7 Å². The molecule has 4 rings (SSSR count). The summed E-state index contributed by atoms with van der Waals surface area (Å²) in [4.78, 5) is 7.75. The third-order valence-corrected chi connectivity index (χ3v) is 6.25. The summed E-state index contributed by atoms with van der Waals surface area (Å²) in [6.07, 6.45) is 4.85. The normalized spacial score (nSPS) is 12.5. The number of hydrogen-bond acceptors (Lipinski definition) is 6. The Hall–Kier alpha value is -3.40. The zero-order chi connectivity index (χ0) is 24.8. The van der Waals surface area contributed by atoms with Crippen LogP contribution >= 0.6 is 0 Å². The number of aromatic amines is 1. The van der Waals surface area contributed by atoms with Gasteiger partial charge in [-0.3, -0.25) is 9.71 Å². The van der Waals surface area contributed by atoms with Crippen molar-refractivity contribution in [1.29, 1.82) is 0 Å². The minimum absolute atomic E-state index is 0.315. The Morgan fingerprint density at radius 3 is 2.74 bits per heavy atom. The fourth-order valence-corrected chi connectivity index (χ4v) is 4.63. The first-order valence-corrected chi connectivity index (χ1v) is 13.4. The van der Waals surface area contributed by atoms with Crippen LogP contribution in [0, 0.1) is 0 Å². The number of H-pyrrole nitrogens is 1. The summed E-state index contributed by atoms with van der Waals surface area (Å²) in [6, 6.07) is 16.8. The number of nitrogens with one attached hydrogen (secondary N) is 3. The van der Waals surface area contributed by atoms with Crippen molar-refractivity contribution in [2.24, 2.45) is 0 Å². The smallest absolute Gasteiger partial charge is 0.229 e. The number of fused-ring (bicyclic) bond motifs is 1. The third-order valence-electron chi connectivity index (χ3n) is 5.64. The van der Waals surface area contributed by atoms with Crippen LogP contribution in [0.3, 0.4) is 0 Å². The molecule has 4 aromatic rings. The Labute approximate surface area is 205 Å². The average Bonchev–Trinajstić information content (AvgIpc) is 3.21. The van der Waals surface area contributed by atoms with E-state index in [1.54, 1.807) is 30.5 Å². The second kappa shape index (κ2) is 10.9. The van der Waals surface area contributed by atoms with Crippen molar-refractivity contribution in [2.45, 2.75) is 19.4 Å². The summed E-state index contributed by atoms with van der Waals surface area (Å²) in [5.41, 5.74) is 5.46. The molecule has 0 aliphatic rings. The van der Waals surface area contributed by atoms with Gasteiger partial charge in [0.05, 0.1) is 18.1 Å². The molecule has 1 atom stereocenters. The zero-order valence-corrected chi connectivity index (χ0v) is 20.6. The highest BCUT2D eigenvalue weighted by atomic mass is 32.2. The van der Waals surface area contributed by atoms with E-state index in [0.29, 0.717) is 30.9 Å². The van der Waals surface area contributed by atoms with Crippen LogP contribution in [0.1, 0.15) is 24.2 Å². The van der Waals surface area contributed by atoms with Gasteiger partial charge in [-0.1, -0.05) is 19.1 Å². The van der Waals surface area contributed by atoms with Gasteiger partial charge in [-0.15, -0.1) is 0 Å². The first kappa shape index (κ1) is 24.7. The average molecular weight is 495 g/mol. The van der Waals surface area contributed by atoms with Crippen LogP contribution in [0.4, 0.5) is 5.69 Å². The van der Waals surface area contributed by atoms with Crippen LogP contribution in [-0.4, -0.2) is 49.4 Å². The van der Waals surface area contributed by atoms with Crippen molar-refractivity contribution in [3.05, 3.63) is 78.1 Å². The second-order valence-electron chi connectivity index (χ2n) is 8.35. The van der Waals surface area contributed by atoms with Gasteiger partial charge in [-0.05, 0) is 53.9 Å². The number of aryl methyl sites for hydroxylation is 1. The van der Waals surface area contributed by atoms with E-state index in [9.17, 15) is 13.5 Å². The molecule has 0 bridgehead atoms. The number of rotatable bonds is 11. The molecule has 0 unspecified atom stereocenters. The Morgan fingerprint density at radius 2 is 2.00 bits per heavy atom. The van der Waals surface area contributed by atoms with E-state index in [0.717, 1.165) is 35.2 Å². The maximum Gasteiger partial charge on any atom is 0.229 e. The van der Waals surface area contributed by atoms with Crippen LogP contribution in [0.15, 0.2) is 67.0 Å². The minimum atomic E-state index is -3.37. The topological polar surface area (TPSA) is 116 Å². The molecular formula is C26H30N4O4S. The van der Waals surface area contributed by atoms with Crippen LogP contribution in [0.5, 0.6) is 5.75 Å². The van der Waals surface area contributed by atoms with Crippen molar-refractivity contribution in [3.63, 3.8) is 0 Å². The second-order valence-corrected chi connectivity index (χ2v) is 10.1. The van der Waals surface area contributed by atoms with Crippen LogP contribution in [0.2, 0.25) is 0 Å². The van der Waals surface area contributed by atoms with Crippen LogP contribution < -0.4 is 14.8 Å². The molecule has 4 N–H and O–H groups in total. The van der Waals surface area contributed by atoms with Gasteiger partial charge in [0, 0.05) is 53.7 Å². The summed E-state index contributed by atoms with van der Waals surface area (Å²) >= 11 is 0. The van der Waals surface area contributed by atoms with E-state index < -0.39 is 16.1 Å². The van der Waals surface area contributed by atoms with Gasteiger partial charge in [0.15, 0.2) is 0 Å². The lowest BCUT2D eigenvalue weighted by atomic mass is 10.0. The maximum absolute atomic E-state index is 11.4. The Morgan fingerprint density at radius 1 is 1.14 bits per heavy atom. The molecule has 0 saturated heterocycles. The molecule has 2 heterocycles. The van der Waals surface area contributed by atoms with Crippen LogP contribution in [0.25, 0.3) is 22.2 Å². The zero-order valence-electron chi connectivity index (χ0n) is 19.8. The lowest BCUT2D eigenvalue weighted by molar-refractivity contribution is 0.172. The third kappa shape index (κ3) is 6.39. The Kier molecular flexibility index (Phi) is 7.70. The molecular weight excluding hydrogens is 464 g/mol. The van der Waals surface area contributed by atoms with Gasteiger partial charge in [0.25, 0.3) is 0 Å². The van der Waals surface area contributed by atoms with Gasteiger partial charge in [-0.25, -0.2) is 8.42 Å². The molecule has 8 nitrogen and oxygen atoms in total. The SMILES string of the molecule is CCc1c(-c2cccnc2)[nH]c2cc(OCCNC[C@H](O)c3cccc(NS(C)(=O)=O)c3)ccc12. The molecule has 0 amide bonds. The number of sulfonamides is 1. The highest BCUT2D eigenvalue weighted by Crippen LogP contribution is 2.32. The van der Waals surface area contributed by atoms with Gasteiger partial charge in [0.1, 0.15) is 12.4 Å². The summed E-state index contributed by atoms with van der Waals surface area (Å²) in [5.74, 6) is 0.765. The van der Waals surface area contributed by atoms with E-state index in [1.807, 2.05) is 30.5 Å². The fourth-order valence-electron chi connectivity index (χ4n) is 4.07. The van der Waals surface area contributed by atoms with Gasteiger partial charge >= 0.3 is 0 Å². The number of aliphatic hydroxyl groups is 1. The number of ether oxygens (including phenoxy) is 1. The highest BCUT2D eigenvalue weighted by Gasteiger charge is 2.13. The largest absolute Gasteiger partial charge is 0.492 e. The monoisotopic (exact) mass is 494 g/mol. The number of pyridine rings is 1. The van der Waals surface area contributed by atoms with Gasteiger partial charge in [-0.2, -0.15) is 0 Å². The van der Waals surface area contributed by atoms with Crippen molar-refractivity contribution in [3.8, 4) is 17.0 Å². The summed E-state index contributed by atoms with van der Waals surface area (Å²) in [5, 5.41) is 14.8.